The Morgan fingerprint density at radius 3 is 2.75 bits per heavy atom. The number of aromatic nitrogens is 4. The molecule has 8 heteroatoms. The number of H-pyrrole nitrogens is 1. The molecule has 0 aliphatic rings. The summed E-state index contributed by atoms with van der Waals surface area (Å²) in [6, 6.07) is 6.91. The van der Waals surface area contributed by atoms with Crippen molar-refractivity contribution < 1.29 is 4.79 Å². The van der Waals surface area contributed by atoms with Crippen LogP contribution < -0.4 is 5.32 Å². The van der Waals surface area contributed by atoms with E-state index in [9.17, 15) is 4.79 Å². The molecular formula is C16H15Cl2N5O. The van der Waals surface area contributed by atoms with Crippen LogP contribution in [0.1, 0.15) is 17.0 Å². The minimum absolute atomic E-state index is 0.146. The topological polar surface area (TPSA) is 75.6 Å². The van der Waals surface area contributed by atoms with Crippen LogP contribution in [0.3, 0.4) is 0 Å². The van der Waals surface area contributed by atoms with Crippen LogP contribution in [-0.4, -0.2) is 25.9 Å². The van der Waals surface area contributed by atoms with Gasteiger partial charge in [0.15, 0.2) is 0 Å². The molecule has 1 amide bonds. The third kappa shape index (κ3) is 3.29. The summed E-state index contributed by atoms with van der Waals surface area (Å²) in [5.41, 5.74) is 3.22. The molecule has 2 heterocycles. The minimum atomic E-state index is -0.146. The van der Waals surface area contributed by atoms with E-state index in [0.29, 0.717) is 15.9 Å². The largest absolute Gasteiger partial charge is 0.311 e. The van der Waals surface area contributed by atoms with E-state index in [0.717, 1.165) is 22.6 Å². The minimum Gasteiger partial charge on any atom is -0.311 e. The van der Waals surface area contributed by atoms with Gasteiger partial charge in [-0.1, -0.05) is 23.2 Å². The van der Waals surface area contributed by atoms with E-state index in [-0.39, 0.29) is 12.3 Å². The normalized spacial score (nSPS) is 10.8. The average Bonchev–Trinajstić information content (AvgIpc) is 3.11. The zero-order valence-corrected chi connectivity index (χ0v) is 14.6. The molecule has 0 saturated heterocycles. The van der Waals surface area contributed by atoms with Crippen LogP contribution in [0.5, 0.6) is 0 Å². The third-order valence-corrected chi connectivity index (χ3v) is 4.23. The Hall–Kier alpha value is -2.31. The maximum Gasteiger partial charge on any atom is 0.230 e. The standard InChI is InChI=1S/C16H15Cl2N5O/c1-9-12(8-16(24)20-15-5-6-19-21-15)10(2)23(22-9)14-4-3-11(17)7-13(14)18/h3-7H,8H2,1-2H3,(H2,19,20,21,24). The van der Waals surface area contributed by atoms with Gasteiger partial charge >= 0.3 is 0 Å². The maximum absolute atomic E-state index is 12.2. The number of aryl methyl sites for hydroxylation is 1. The summed E-state index contributed by atoms with van der Waals surface area (Å²) in [7, 11) is 0. The van der Waals surface area contributed by atoms with Crippen molar-refractivity contribution in [3.05, 3.63) is 57.5 Å². The molecule has 0 radical (unpaired) electrons. The van der Waals surface area contributed by atoms with Gasteiger partial charge in [-0.2, -0.15) is 10.2 Å². The number of nitrogens with one attached hydrogen (secondary N) is 2. The number of hydrogen-bond acceptors (Lipinski definition) is 3. The molecule has 3 aromatic rings. The number of aromatic amines is 1. The van der Waals surface area contributed by atoms with Crippen LogP contribution in [0.25, 0.3) is 5.69 Å². The van der Waals surface area contributed by atoms with Gasteiger partial charge in [0, 0.05) is 22.3 Å². The summed E-state index contributed by atoms with van der Waals surface area (Å²) in [6.07, 6.45) is 1.79. The molecule has 0 spiro atoms. The average molecular weight is 364 g/mol. The number of benzene rings is 1. The molecule has 0 aliphatic carbocycles. The molecule has 24 heavy (non-hydrogen) atoms. The molecule has 6 nitrogen and oxygen atoms in total. The molecule has 2 aromatic heterocycles. The lowest BCUT2D eigenvalue weighted by atomic mass is 10.1. The predicted molar refractivity (Wildman–Crippen MR) is 94.0 cm³/mol. The van der Waals surface area contributed by atoms with Gasteiger partial charge in [0.05, 0.1) is 29.0 Å². The van der Waals surface area contributed by atoms with Gasteiger partial charge in [-0.3, -0.25) is 9.89 Å². The van der Waals surface area contributed by atoms with Gasteiger partial charge in [0.2, 0.25) is 5.91 Å². The van der Waals surface area contributed by atoms with Gasteiger partial charge in [0.1, 0.15) is 5.82 Å². The first-order valence-corrected chi connectivity index (χ1v) is 8.01. The number of nitrogens with zero attached hydrogens (tertiary/aromatic N) is 3. The Morgan fingerprint density at radius 2 is 2.08 bits per heavy atom. The SMILES string of the molecule is Cc1nn(-c2ccc(Cl)cc2Cl)c(C)c1CC(=O)Nc1ccn[nH]1. The molecule has 2 N–H and O–H groups in total. The van der Waals surface area contributed by atoms with Crippen LogP contribution in [0.2, 0.25) is 10.0 Å². The summed E-state index contributed by atoms with van der Waals surface area (Å²) >= 11 is 12.2. The molecule has 0 aliphatic heterocycles. The van der Waals surface area contributed by atoms with E-state index in [1.165, 1.54) is 0 Å². The quantitative estimate of drug-likeness (QED) is 0.741. The molecule has 0 fully saturated rings. The van der Waals surface area contributed by atoms with E-state index in [1.807, 2.05) is 13.8 Å². The highest BCUT2D eigenvalue weighted by Crippen LogP contribution is 2.27. The summed E-state index contributed by atoms with van der Waals surface area (Å²) < 4.78 is 1.73. The van der Waals surface area contributed by atoms with Crippen molar-refractivity contribution in [3.63, 3.8) is 0 Å². The lowest BCUT2D eigenvalue weighted by Crippen LogP contribution is -2.15. The summed E-state index contributed by atoms with van der Waals surface area (Å²) in [4.78, 5) is 12.2. The number of anilines is 1. The number of carbonyl (C=O) groups is 1. The molecular weight excluding hydrogens is 349 g/mol. The second-order valence-corrected chi connectivity index (χ2v) is 6.20. The molecule has 3 rings (SSSR count). The Bertz CT molecular complexity index is 886. The lowest BCUT2D eigenvalue weighted by Gasteiger charge is -2.08. The molecule has 0 atom stereocenters. The Kier molecular flexibility index (Phi) is 4.59. The van der Waals surface area contributed by atoms with Crippen LogP contribution in [-0.2, 0) is 11.2 Å². The van der Waals surface area contributed by atoms with Crippen molar-refractivity contribution in [2.45, 2.75) is 20.3 Å². The number of carbonyl (C=O) groups excluding carboxylic acids is 1. The molecule has 124 valence electrons. The summed E-state index contributed by atoms with van der Waals surface area (Å²) in [5, 5.41) is 14.8. The fourth-order valence-electron chi connectivity index (χ4n) is 2.50. The van der Waals surface area contributed by atoms with Crippen LogP contribution in [0.15, 0.2) is 30.5 Å². The van der Waals surface area contributed by atoms with E-state index in [2.05, 4.69) is 20.6 Å². The van der Waals surface area contributed by atoms with Gasteiger partial charge in [-0.05, 0) is 32.0 Å². The smallest absolute Gasteiger partial charge is 0.230 e. The number of hydrogen-bond donors (Lipinski definition) is 2. The first-order chi connectivity index (χ1) is 11.5. The van der Waals surface area contributed by atoms with Gasteiger partial charge in [-0.25, -0.2) is 4.68 Å². The van der Waals surface area contributed by atoms with Crippen LogP contribution in [0.4, 0.5) is 5.82 Å². The van der Waals surface area contributed by atoms with Gasteiger partial charge in [-0.15, -0.1) is 0 Å². The van der Waals surface area contributed by atoms with Crippen molar-refractivity contribution in [1.82, 2.24) is 20.0 Å². The highest BCUT2D eigenvalue weighted by Gasteiger charge is 2.17. The number of rotatable bonds is 4. The van der Waals surface area contributed by atoms with Crippen molar-refractivity contribution in [3.8, 4) is 5.69 Å². The van der Waals surface area contributed by atoms with Crippen LogP contribution >= 0.6 is 23.2 Å². The van der Waals surface area contributed by atoms with Crippen molar-refractivity contribution in [1.29, 1.82) is 0 Å². The first-order valence-electron chi connectivity index (χ1n) is 7.25. The fourth-order valence-corrected chi connectivity index (χ4v) is 2.99. The van der Waals surface area contributed by atoms with Crippen molar-refractivity contribution >= 4 is 34.9 Å². The Balaban J connectivity index is 1.88. The maximum atomic E-state index is 12.2. The monoisotopic (exact) mass is 363 g/mol. The zero-order valence-electron chi connectivity index (χ0n) is 13.1. The van der Waals surface area contributed by atoms with E-state index < -0.39 is 0 Å². The highest BCUT2D eigenvalue weighted by molar-refractivity contribution is 6.35. The molecule has 0 saturated carbocycles. The van der Waals surface area contributed by atoms with Crippen LogP contribution in [0, 0.1) is 13.8 Å². The zero-order chi connectivity index (χ0) is 17.3. The fraction of sp³-hybridized carbons (Fsp3) is 0.188. The highest BCUT2D eigenvalue weighted by atomic mass is 35.5. The number of amides is 1. The first kappa shape index (κ1) is 16.5. The van der Waals surface area contributed by atoms with Crippen molar-refractivity contribution in [2.24, 2.45) is 0 Å². The van der Waals surface area contributed by atoms with Gasteiger partial charge < -0.3 is 5.32 Å². The summed E-state index contributed by atoms with van der Waals surface area (Å²) in [5.74, 6) is 0.413. The summed E-state index contributed by atoms with van der Waals surface area (Å²) in [6.45, 7) is 3.77. The molecule has 0 unspecified atom stereocenters. The lowest BCUT2D eigenvalue weighted by molar-refractivity contribution is -0.115. The second kappa shape index (κ2) is 6.67. The molecule has 0 bridgehead atoms. The predicted octanol–water partition coefficient (Wildman–Crippen LogP) is 3.70. The number of halogens is 2. The van der Waals surface area contributed by atoms with E-state index in [1.54, 1.807) is 35.1 Å². The van der Waals surface area contributed by atoms with E-state index >= 15 is 0 Å². The molecule has 1 aromatic carbocycles. The van der Waals surface area contributed by atoms with E-state index in [4.69, 9.17) is 23.2 Å². The second-order valence-electron chi connectivity index (χ2n) is 5.35. The van der Waals surface area contributed by atoms with Gasteiger partial charge in [0.25, 0.3) is 0 Å². The third-order valence-electron chi connectivity index (χ3n) is 3.69. The Labute approximate surface area is 148 Å². The Morgan fingerprint density at radius 1 is 1.29 bits per heavy atom. The van der Waals surface area contributed by atoms with Crippen molar-refractivity contribution in [2.75, 3.05) is 5.32 Å².